The first-order valence-electron chi connectivity index (χ1n) is 9.98. The highest BCUT2D eigenvalue weighted by atomic mass is 32.2. The van der Waals surface area contributed by atoms with Gasteiger partial charge in [-0.3, -0.25) is 0 Å². The fraction of sp³-hybridized carbons (Fsp3) is 0.476. The molecule has 0 radical (unpaired) electrons. The number of nitrogens with zero attached hydrogens (tertiary/aromatic N) is 2. The first-order valence-corrected chi connectivity index (χ1v) is 12.1. The van der Waals surface area contributed by atoms with Crippen LogP contribution in [0, 0.1) is 0 Å². The highest BCUT2D eigenvalue weighted by Gasteiger charge is 2.31. The zero-order valence-electron chi connectivity index (χ0n) is 17.2. The van der Waals surface area contributed by atoms with Gasteiger partial charge in [-0.15, -0.1) is 0 Å². The molecule has 0 aliphatic heterocycles. The molecule has 5 nitrogen and oxygen atoms in total. The Bertz CT molecular complexity index is 935. The molecule has 1 aliphatic carbocycles. The van der Waals surface area contributed by atoms with Gasteiger partial charge >= 0.3 is 12.1 Å². The number of alkyl halides is 3. The summed E-state index contributed by atoms with van der Waals surface area (Å²) in [4.78, 5) is 20.9. The van der Waals surface area contributed by atoms with E-state index in [-0.39, 0.29) is 22.4 Å². The van der Waals surface area contributed by atoms with Crippen LogP contribution in [0.15, 0.2) is 34.4 Å². The maximum absolute atomic E-state index is 13.1. The Morgan fingerprint density at radius 2 is 1.94 bits per heavy atom. The van der Waals surface area contributed by atoms with Crippen LogP contribution in [0.5, 0.6) is 0 Å². The summed E-state index contributed by atoms with van der Waals surface area (Å²) in [6, 6.07) is 5.22. The van der Waals surface area contributed by atoms with E-state index in [4.69, 9.17) is 0 Å². The van der Waals surface area contributed by atoms with Crippen molar-refractivity contribution in [2.24, 2.45) is 0 Å². The van der Waals surface area contributed by atoms with Crippen molar-refractivity contribution in [2.45, 2.75) is 66.7 Å². The van der Waals surface area contributed by atoms with Crippen LogP contribution in [0.25, 0.3) is 0 Å². The number of nitrogens with one attached hydrogen (secondary N) is 1. The minimum absolute atomic E-state index is 0.0350. The Balaban J connectivity index is 1.94. The van der Waals surface area contributed by atoms with Gasteiger partial charge in [0.05, 0.1) is 5.56 Å². The summed E-state index contributed by atoms with van der Waals surface area (Å²) in [5, 5.41) is 13.4. The molecule has 0 saturated heterocycles. The molecule has 2 N–H and O–H groups in total. The molecule has 1 aromatic carbocycles. The fourth-order valence-corrected chi connectivity index (χ4v) is 5.02. The number of aromatic carboxylic acids is 1. The van der Waals surface area contributed by atoms with Gasteiger partial charge < -0.3 is 10.4 Å². The molecule has 0 amide bonds. The maximum atomic E-state index is 13.1. The molecule has 1 atom stereocenters. The molecule has 1 aliphatic rings. The number of carboxylic acids is 1. The lowest BCUT2D eigenvalue weighted by Gasteiger charge is -2.25. The molecule has 10 heteroatoms. The summed E-state index contributed by atoms with van der Waals surface area (Å²) < 4.78 is 39.3. The number of thioether (sulfide) groups is 2. The quantitative estimate of drug-likeness (QED) is 0.271. The van der Waals surface area contributed by atoms with Crippen molar-refractivity contribution in [1.29, 1.82) is 0 Å². The van der Waals surface area contributed by atoms with Crippen LogP contribution in [0.2, 0.25) is 0 Å². The molecule has 1 unspecified atom stereocenters. The Kier molecular flexibility index (Phi) is 7.74. The molecule has 0 spiro atoms. The molecule has 1 fully saturated rings. The molecular formula is C21H24F3N3O2S2. The lowest BCUT2D eigenvalue weighted by Crippen LogP contribution is -2.25. The van der Waals surface area contributed by atoms with Crippen molar-refractivity contribution in [2.75, 3.05) is 11.6 Å². The van der Waals surface area contributed by atoms with E-state index < -0.39 is 23.0 Å². The highest BCUT2D eigenvalue weighted by Crippen LogP contribution is 2.40. The van der Waals surface area contributed by atoms with Crippen LogP contribution < -0.4 is 5.32 Å². The van der Waals surface area contributed by atoms with Gasteiger partial charge in [-0.25, -0.2) is 14.8 Å². The van der Waals surface area contributed by atoms with Crippen molar-refractivity contribution in [3.63, 3.8) is 0 Å². The third-order valence-corrected chi connectivity index (χ3v) is 6.86. The number of aromatic nitrogens is 2. The molecule has 1 heterocycles. The monoisotopic (exact) mass is 471 g/mol. The number of benzene rings is 1. The summed E-state index contributed by atoms with van der Waals surface area (Å²) in [7, 11) is 0. The molecule has 168 valence electrons. The predicted molar refractivity (Wildman–Crippen MR) is 117 cm³/mol. The zero-order chi connectivity index (χ0) is 22.6. The van der Waals surface area contributed by atoms with E-state index in [1.54, 1.807) is 19.2 Å². The van der Waals surface area contributed by atoms with Gasteiger partial charge in [0.25, 0.3) is 0 Å². The topological polar surface area (TPSA) is 75.1 Å². The number of halogens is 3. The number of carboxylic acid groups (broad SMARTS) is 1. The van der Waals surface area contributed by atoms with Crippen molar-refractivity contribution >= 4 is 35.3 Å². The Labute approximate surface area is 187 Å². The van der Waals surface area contributed by atoms with E-state index in [0.717, 1.165) is 49.6 Å². The number of hydrogen-bond donors (Lipinski definition) is 2. The van der Waals surface area contributed by atoms with E-state index >= 15 is 0 Å². The van der Waals surface area contributed by atoms with Crippen molar-refractivity contribution in [3.05, 3.63) is 41.0 Å². The summed E-state index contributed by atoms with van der Waals surface area (Å²) in [5.41, 5.74) is -0.322. The summed E-state index contributed by atoms with van der Waals surface area (Å²) >= 11 is 2.42. The van der Waals surface area contributed by atoms with Gasteiger partial charge in [0.15, 0.2) is 5.16 Å². The summed E-state index contributed by atoms with van der Waals surface area (Å²) in [6.45, 7) is 1.74. The van der Waals surface area contributed by atoms with Crippen LogP contribution in [0.1, 0.15) is 65.8 Å². The summed E-state index contributed by atoms with van der Waals surface area (Å²) in [6.07, 6.45) is 2.57. The second-order valence-electron chi connectivity index (χ2n) is 7.41. The lowest BCUT2D eigenvalue weighted by molar-refractivity contribution is -0.137. The highest BCUT2D eigenvalue weighted by molar-refractivity contribution is 7.99. The van der Waals surface area contributed by atoms with Crippen LogP contribution in [-0.2, 0) is 6.18 Å². The molecular weight excluding hydrogens is 447 g/mol. The van der Waals surface area contributed by atoms with Crippen LogP contribution in [0.3, 0.4) is 0 Å². The number of anilines is 1. The first-order chi connectivity index (χ1) is 14.7. The Hall–Kier alpha value is -1.94. The van der Waals surface area contributed by atoms with Gasteiger partial charge in [0.1, 0.15) is 16.4 Å². The van der Waals surface area contributed by atoms with Gasteiger partial charge in [-0.2, -0.15) is 13.2 Å². The third-order valence-electron chi connectivity index (χ3n) is 5.17. The minimum Gasteiger partial charge on any atom is -0.477 e. The van der Waals surface area contributed by atoms with Crippen molar-refractivity contribution in [1.82, 2.24) is 9.97 Å². The van der Waals surface area contributed by atoms with Crippen LogP contribution in [0.4, 0.5) is 19.0 Å². The van der Waals surface area contributed by atoms with E-state index in [0.29, 0.717) is 10.7 Å². The second kappa shape index (κ2) is 10.1. The normalized spacial score (nSPS) is 16.2. The van der Waals surface area contributed by atoms with Crippen LogP contribution >= 0.6 is 23.5 Å². The van der Waals surface area contributed by atoms with Crippen LogP contribution in [-0.4, -0.2) is 33.3 Å². The standard InChI is InChI=1S/C21H24F3N3O2S2/c1-12(13-7-6-8-14(11-13)21(22,23)24)31-18-16(19(28)29)17(26-20(27-18)30-2)25-15-9-4-3-5-10-15/h6-8,11-12,15H,3-5,9-10H2,1-2H3,(H,28,29)(H,25,26,27). The first kappa shape index (κ1) is 23.7. The average Bonchev–Trinajstić information content (AvgIpc) is 2.73. The smallest absolute Gasteiger partial charge is 0.416 e. The van der Waals surface area contributed by atoms with E-state index in [2.05, 4.69) is 15.3 Å². The van der Waals surface area contributed by atoms with Gasteiger partial charge in [-0.05, 0) is 37.7 Å². The Morgan fingerprint density at radius 1 is 1.23 bits per heavy atom. The van der Waals surface area contributed by atoms with Gasteiger partial charge in [0.2, 0.25) is 0 Å². The van der Waals surface area contributed by atoms with Gasteiger partial charge in [0, 0.05) is 11.3 Å². The Morgan fingerprint density at radius 3 is 2.55 bits per heavy atom. The van der Waals surface area contributed by atoms with E-state index in [1.807, 2.05) is 0 Å². The second-order valence-corrected chi connectivity index (χ2v) is 9.51. The fourth-order valence-electron chi connectivity index (χ4n) is 3.54. The van der Waals surface area contributed by atoms with Gasteiger partial charge in [-0.1, -0.05) is 61.0 Å². The zero-order valence-corrected chi connectivity index (χ0v) is 18.8. The number of rotatable bonds is 7. The van der Waals surface area contributed by atoms with E-state index in [1.165, 1.54) is 24.2 Å². The summed E-state index contributed by atoms with van der Waals surface area (Å²) in [5.74, 6) is -0.887. The maximum Gasteiger partial charge on any atom is 0.416 e. The molecule has 1 saturated carbocycles. The lowest BCUT2D eigenvalue weighted by atomic mass is 9.95. The SMILES string of the molecule is CSc1nc(NC2CCCCC2)c(C(=O)O)c(SC(C)c2cccc(C(F)(F)F)c2)n1. The third kappa shape index (κ3) is 6.06. The number of carbonyl (C=O) groups is 1. The molecule has 0 bridgehead atoms. The predicted octanol–water partition coefficient (Wildman–Crippen LogP) is 6.51. The van der Waals surface area contributed by atoms with Crippen molar-refractivity contribution < 1.29 is 23.1 Å². The molecule has 2 aromatic rings. The molecule has 31 heavy (non-hydrogen) atoms. The largest absolute Gasteiger partial charge is 0.477 e. The molecule has 1 aromatic heterocycles. The average molecular weight is 472 g/mol. The number of hydrogen-bond acceptors (Lipinski definition) is 6. The molecule has 3 rings (SSSR count). The van der Waals surface area contributed by atoms with E-state index in [9.17, 15) is 23.1 Å². The van der Waals surface area contributed by atoms with Crippen molar-refractivity contribution in [3.8, 4) is 0 Å². The minimum atomic E-state index is -4.44.